The Kier molecular flexibility index (Phi) is 6.85. The van der Waals surface area contributed by atoms with Crippen LogP contribution in [0.4, 0.5) is 5.69 Å². The van der Waals surface area contributed by atoms with Crippen molar-refractivity contribution in [3.05, 3.63) is 84.4 Å². The Balaban J connectivity index is 1.62. The van der Waals surface area contributed by atoms with Crippen molar-refractivity contribution in [2.75, 3.05) is 18.2 Å². The number of benzene rings is 3. The maximum absolute atomic E-state index is 12.7. The third kappa shape index (κ3) is 4.96. The molecule has 7 nitrogen and oxygen atoms in total. The summed E-state index contributed by atoms with van der Waals surface area (Å²) >= 11 is 1.26. The Morgan fingerprint density at radius 3 is 2.39 bits per heavy atom. The summed E-state index contributed by atoms with van der Waals surface area (Å²) in [5.74, 6) is 1.04. The molecule has 0 radical (unpaired) electrons. The Hall–Kier alpha value is -3.91. The molecule has 0 fully saturated rings. The lowest BCUT2D eigenvalue weighted by Crippen LogP contribution is -2.16. The lowest BCUT2D eigenvalue weighted by atomic mass is 10.1. The summed E-state index contributed by atoms with van der Waals surface area (Å²) in [6.45, 7) is 1.47. The Morgan fingerprint density at radius 2 is 1.64 bits per heavy atom. The maximum atomic E-state index is 12.7. The van der Waals surface area contributed by atoms with Crippen LogP contribution in [0.25, 0.3) is 17.1 Å². The third-order valence-electron chi connectivity index (χ3n) is 4.91. The number of hydrogen-bond donors (Lipinski definition) is 1. The molecular weight excluding hydrogens is 436 g/mol. The lowest BCUT2D eigenvalue weighted by Gasteiger charge is -2.12. The normalized spacial score (nSPS) is 10.6. The monoisotopic (exact) mass is 458 g/mol. The number of amides is 1. The Morgan fingerprint density at radius 1 is 0.939 bits per heavy atom. The minimum Gasteiger partial charge on any atom is -0.496 e. The molecule has 166 valence electrons. The number of hydrogen-bond acceptors (Lipinski definition) is 6. The van der Waals surface area contributed by atoms with Gasteiger partial charge in [-0.05, 0) is 43.3 Å². The molecule has 0 spiro atoms. The largest absolute Gasteiger partial charge is 0.496 e. The van der Waals surface area contributed by atoms with Crippen molar-refractivity contribution >= 4 is 29.1 Å². The van der Waals surface area contributed by atoms with Gasteiger partial charge in [0.2, 0.25) is 5.91 Å². The number of carbonyl (C=O) groups is 2. The van der Waals surface area contributed by atoms with Gasteiger partial charge in [0.15, 0.2) is 16.8 Å². The number of nitrogens with zero attached hydrogens (tertiary/aromatic N) is 3. The molecule has 4 rings (SSSR count). The first-order chi connectivity index (χ1) is 16.1. The summed E-state index contributed by atoms with van der Waals surface area (Å²) in [4.78, 5) is 24.5. The first-order valence-corrected chi connectivity index (χ1v) is 11.2. The summed E-state index contributed by atoms with van der Waals surface area (Å²) < 4.78 is 7.42. The second-order valence-corrected chi connectivity index (χ2v) is 8.06. The van der Waals surface area contributed by atoms with Crippen molar-refractivity contribution in [1.82, 2.24) is 14.8 Å². The molecule has 0 unspecified atom stereocenters. The summed E-state index contributed by atoms with van der Waals surface area (Å²) in [6.07, 6.45) is 0. The van der Waals surface area contributed by atoms with E-state index < -0.39 is 0 Å². The fourth-order valence-corrected chi connectivity index (χ4v) is 4.14. The van der Waals surface area contributed by atoms with E-state index in [0.717, 1.165) is 11.3 Å². The molecule has 0 aliphatic carbocycles. The van der Waals surface area contributed by atoms with E-state index >= 15 is 0 Å². The highest BCUT2D eigenvalue weighted by atomic mass is 32.2. The third-order valence-corrected chi connectivity index (χ3v) is 5.84. The number of para-hydroxylation sites is 3. The molecule has 1 N–H and O–H groups in total. The van der Waals surface area contributed by atoms with Crippen LogP contribution in [-0.2, 0) is 4.79 Å². The van der Waals surface area contributed by atoms with Crippen LogP contribution in [0.15, 0.2) is 84.0 Å². The van der Waals surface area contributed by atoms with Gasteiger partial charge in [0.25, 0.3) is 0 Å². The molecule has 0 saturated carbocycles. The lowest BCUT2D eigenvalue weighted by molar-refractivity contribution is -0.113. The van der Waals surface area contributed by atoms with E-state index in [9.17, 15) is 9.59 Å². The van der Waals surface area contributed by atoms with E-state index in [1.807, 2.05) is 59.2 Å². The van der Waals surface area contributed by atoms with Gasteiger partial charge >= 0.3 is 0 Å². The van der Waals surface area contributed by atoms with Gasteiger partial charge in [0, 0.05) is 11.3 Å². The molecule has 8 heteroatoms. The van der Waals surface area contributed by atoms with Gasteiger partial charge in [0.05, 0.1) is 24.1 Å². The molecule has 4 aromatic rings. The Labute approximate surface area is 195 Å². The van der Waals surface area contributed by atoms with Crippen molar-refractivity contribution in [1.29, 1.82) is 0 Å². The summed E-state index contributed by atoms with van der Waals surface area (Å²) in [5, 5.41) is 12.1. The molecule has 0 aliphatic rings. The van der Waals surface area contributed by atoms with Crippen molar-refractivity contribution in [2.45, 2.75) is 12.1 Å². The van der Waals surface area contributed by atoms with E-state index in [0.29, 0.717) is 28.0 Å². The quantitative estimate of drug-likeness (QED) is 0.299. The number of methoxy groups -OCH3 is 1. The molecule has 3 aromatic carbocycles. The number of ether oxygens (including phenoxy) is 1. The van der Waals surface area contributed by atoms with Crippen LogP contribution in [0.2, 0.25) is 0 Å². The minimum absolute atomic E-state index is 0.100. The van der Waals surface area contributed by atoms with Crippen molar-refractivity contribution in [2.24, 2.45) is 0 Å². The SMILES string of the molecule is COc1ccccc1-c1nnc(SCC(=O)Nc2ccccc2C(C)=O)n1-c1ccccc1. The van der Waals surface area contributed by atoms with E-state index in [4.69, 9.17) is 4.74 Å². The number of aromatic nitrogens is 3. The summed E-state index contributed by atoms with van der Waals surface area (Å²) in [5.41, 5.74) is 2.63. The first-order valence-electron chi connectivity index (χ1n) is 10.3. The zero-order valence-electron chi connectivity index (χ0n) is 18.2. The predicted molar refractivity (Wildman–Crippen MR) is 129 cm³/mol. The zero-order chi connectivity index (χ0) is 23.2. The second-order valence-electron chi connectivity index (χ2n) is 7.12. The molecule has 0 bridgehead atoms. The standard InChI is InChI=1S/C25H22N4O3S/c1-17(30)19-12-6-8-14-21(19)26-23(31)16-33-25-28-27-24(20-13-7-9-15-22(20)32-2)29(25)18-10-4-3-5-11-18/h3-15H,16H2,1-2H3,(H,26,31). The fraction of sp³-hybridized carbons (Fsp3) is 0.120. The molecule has 1 heterocycles. The van der Waals surface area contributed by atoms with E-state index in [-0.39, 0.29) is 17.4 Å². The Bertz CT molecular complexity index is 1290. The van der Waals surface area contributed by atoms with Crippen LogP contribution in [0.3, 0.4) is 0 Å². The minimum atomic E-state index is -0.241. The number of ketones is 1. The van der Waals surface area contributed by atoms with E-state index in [2.05, 4.69) is 15.5 Å². The van der Waals surface area contributed by atoms with Crippen LogP contribution in [0.5, 0.6) is 5.75 Å². The van der Waals surface area contributed by atoms with Crippen LogP contribution < -0.4 is 10.1 Å². The van der Waals surface area contributed by atoms with Gasteiger partial charge in [-0.2, -0.15) is 0 Å². The zero-order valence-corrected chi connectivity index (χ0v) is 19.0. The van der Waals surface area contributed by atoms with Crippen LogP contribution in [0.1, 0.15) is 17.3 Å². The molecule has 0 saturated heterocycles. The average Bonchev–Trinajstić information content (AvgIpc) is 3.27. The number of nitrogens with one attached hydrogen (secondary N) is 1. The summed E-state index contributed by atoms with van der Waals surface area (Å²) in [7, 11) is 1.61. The van der Waals surface area contributed by atoms with Gasteiger partial charge in [-0.25, -0.2) is 0 Å². The highest BCUT2D eigenvalue weighted by Crippen LogP contribution is 2.33. The van der Waals surface area contributed by atoms with Crippen LogP contribution >= 0.6 is 11.8 Å². The number of thioether (sulfide) groups is 1. The van der Waals surface area contributed by atoms with Gasteiger partial charge in [-0.1, -0.05) is 54.2 Å². The topological polar surface area (TPSA) is 86.1 Å². The highest BCUT2D eigenvalue weighted by molar-refractivity contribution is 7.99. The smallest absolute Gasteiger partial charge is 0.234 e. The van der Waals surface area contributed by atoms with Crippen molar-refractivity contribution < 1.29 is 14.3 Å². The average molecular weight is 459 g/mol. The molecule has 0 atom stereocenters. The van der Waals surface area contributed by atoms with Crippen LogP contribution in [-0.4, -0.2) is 39.3 Å². The van der Waals surface area contributed by atoms with Gasteiger partial charge in [-0.3, -0.25) is 14.2 Å². The molecule has 0 aliphatic heterocycles. The maximum Gasteiger partial charge on any atom is 0.234 e. The number of Topliss-reactive ketones (excluding diaryl/α,β-unsaturated/α-hetero) is 1. The summed E-state index contributed by atoms with van der Waals surface area (Å²) in [6, 6.07) is 24.2. The number of rotatable bonds is 8. The first kappa shape index (κ1) is 22.3. The molecular formula is C25H22N4O3S. The number of anilines is 1. The van der Waals surface area contributed by atoms with Crippen LogP contribution in [0, 0.1) is 0 Å². The molecule has 1 amide bonds. The highest BCUT2D eigenvalue weighted by Gasteiger charge is 2.20. The predicted octanol–water partition coefficient (Wildman–Crippen LogP) is 4.88. The van der Waals surface area contributed by atoms with E-state index in [1.54, 1.807) is 31.4 Å². The molecule has 33 heavy (non-hydrogen) atoms. The second kappa shape index (κ2) is 10.1. The fourth-order valence-electron chi connectivity index (χ4n) is 3.39. The number of carbonyl (C=O) groups excluding carboxylic acids is 2. The van der Waals surface area contributed by atoms with Crippen molar-refractivity contribution in [3.63, 3.8) is 0 Å². The van der Waals surface area contributed by atoms with Gasteiger partial charge in [-0.15, -0.1) is 10.2 Å². The molecule has 1 aromatic heterocycles. The van der Waals surface area contributed by atoms with Crippen molar-refractivity contribution in [3.8, 4) is 22.8 Å². The van der Waals surface area contributed by atoms with Gasteiger partial charge in [0.1, 0.15) is 5.75 Å². The van der Waals surface area contributed by atoms with Gasteiger partial charge < -0.3 is 10.1 Å². The van der Waals surface area contributed by atoms with E-state index in [1.165, 1.54) is 18.7 Å².